The summed E-state index contributed by atoms with van der Waals surface area (Å²) in [6, 6.07) is 7.21. The number of nitrogens with two attached hydrogens (primary N) is 1. The zero-order valence-electron chi connectivity index (χ0n) is 11.0. The highest BCUT2D eigenvalue weighted by Gasteiger charge is 2.44. The monoisotopic (exact) mass is 282 g/mol. The van der Waals surface area contributed by atoms with Gasteiger partial charge in [0.15, 0.2) is 0 Å². The summed E-state index contributed by atoms with van der Waals surface area (Å²) in [5.74, 6) is -0.171. The first-order chi connectivity index (χ1) is 9.07. The second kappa shape index (κ2) is 5.90. The van der Waals surface area contributed by atoms with Gasteiger partial charge in [-0.2, -0.15) is 0 Å². The second-order valence-corrected chi connectivity index (χ2v) is 5.51. The highest BCUT2D eigenvalue weighted by Crippen LogP contribution is 2.48. The number of halogens is 1. The van der Waals surface area contributed by atoms with Crippen LogP contribution in [0.25, 0.3) is 0 Å². The molecule has 1 unspecified atom stereocenters. The molecule has 1 saturated carbocycles. The lowest BCUT2D eigenvalue weighted by Crippen LogP contribution is -2.45. The molecule has 0 radical (unpaired) electrons. The topological polar surface area (TPSA) is 64.3 Å². The first-order valence-electron chi connectivity index (χ1n) is 6.36. The average Bonchev–Trinajstić information content (AvgIpc) is 3.17. The maximum absolute atomic E-state index is 11.8. The summed E-state index contributed by atoms with van der Waals surface area (Å²) in [5.41, 5.74) is 6.90. The van der Waals surface area contributed by atoms with Crippen LogP contribution < -0.4 is 11.1 Å². The molecule has 1 aromatic rings. The fourth-order valence-electron chi connectivity index (χ4n) is 2.18. The molecule has 1 fully saturated rings. The molecule has 19 heavy (non-hydrogen) atoms. The van der Waals surface area contributed by atoms with Crippen LogP contribution in [0.5, 0.6) is 0 Å². The van der Waals surface area contributed by atoms with Gasteiger partial charge >= 0.3 is 0 Å². The predicted molar refractivity (Wildman–Crippen MR) is 75.2 cm³/mol. The van der Waals surface area contributed by atoms with Crippen LogP contribution in [0.1, 0.15) is 18.4 Å². The number of nitrogens with one attached hydrogen (secondary N) is 1. The summed E-state index contributed by atoms with van der Waals surface area (Å²) in [7, 11) is 1.53. The van der Waals surface area contributed by atoms with Gasteiger partial charge in [0.25, 0.3) is 0 Å². The SMILES string of the molecule is COCC(N)C(=O)NCC1(c2cccc(Cl)c2)CC1. The molecule has 1 aromatic carbocycles. The normalized spacial score (nSPS) is 17.8. The first kappa shape index (κ1) is 14.3. The number of benzene rings is 1. The van der Waals surface area contributed by atoms with Crippen molar-refractivity contribution < 1.29 is 9.53 Å². The van der Waals surface area contributed by atoms with Gasteiger partial charge in [-0.1, -0.05) is 23.7 Å². The second-order valence-electron chi connectivity index (χ2n) is 5.07. The Balaban J connectivity index is 1.94. The van der Waals surface area contributed by atoms with Gasteiger partial charge in [0, 0.05) is 24.1 Å². The Morgan fingerprint density at radius 1 is 1.58 bits per heavy atom. The zero-order chi connectivity index (χ0) is 13.9. The number of hydrogen-bond donors (Lipinski definition) is 2. The summed E-state index contributed by atoms with van der Waals surface area (Å²) in [5, 5.41) is 3.63. The Morgan fingerprint density at radius 2 is 2.32 bits per heavy atom. The predicted octanol–water partition coefficient (Wildman–Crippen LogP) is 1.46. The molecular formula is C14H19ClN2O2. The number of carbonyl (C=O) groups excluding carboxylic acids is 1. The fraction of sp³-hybridized carbons (Fsp3) is 0.500. The van der Waals surface area contributed by atoms with Crippen LogP contribution in [-0.2, 0) is 14.9 Å². The van der Waals surface area contributed by atoms with Gasteiger partial charge in [0.1, 0.15) is 6.04 Å². The first-order valence-corrected chi connectivity index (χ1v) is 6.73. The zero-order valence-corrected chi connectivity index (χ0v) is 11.7. The van der Waals surface area contributed by atoms with E-state index in [1.807, 2.05) is 18.2 Å². The molecule has 3 N–H and O–H groups in total. The van der Waals surface area contributed by atoms with E-state index in [0.717, 1.165) is 17.9 Å². The molecule has 104 valence electrons. The van der Waals surface area contributed by atoms with Crippen molar-refractivity contribution in [1.29, 1.82) is 0 Å². The third-order valence-corrected chi connectivity index (χ3v) is 3.81. The van der Waals surface area contributed by atoms with Crippen molar-refractivity contribution in [3.05, 3.63) is 34.9 Å². The molecule has 0 aromatic heterocycles. The summed E-state index contributed by atoms with van der Waals surface area (Å²) < 4.78 is 4.87. The molecule has 0 bridgehead atoms. The average molecular weight is 283 g/mol. The van der Waals surface area contributed by atoms with Gasteiger partial charge < -0.3 is 15.8 Å². The quantitative estimate of drug-likeness (QED) is 0.830. The van der Waals surface area contributed by atoms with E-state index in [0.29, 0.717) is 6.54 Å². The van der Waals surface area contributed by atoms with Crippen molar-refractivity contribution in [2.24, 2.45) is 5.73 Å². The summed E-state index contributed by atoms with van der Waals surface area (Å²) >= 11 is 6.01. The van der Waals surface area contributed by atoms with Crippen molar-refractivity contribution in [1.82, 2.24) is 5.32 Å². The third kappa shape index (κ3) is 3.47. The number of amides is 1. The fourth-order valence-corrected chi connectivity index (χ4v) is 2.37. The molecule has 0 saturated heterocycles. The number of methoxy groups -OCH3 is 1. The molecule has 5 heteroatoms. The lowest BCUT2D eigenvalue weighted by atomic mass is 9.96. The van der Waals surface area contributed by atoms with Gasteiger partial charge in [0.2, 0.25) is 5.91 Å². The van der Waals surface area contributed by atoms with E-state index in [4.69, 9.17) is 22.1 Å². The lowest BCUT2D eigenvalue weighted by molar-refractivity contribution is -0.123. The molecule has 1 amide bonds. The van der Waals surface area contributed by atoms with E-state index in [2.05, 4.69) is 11.4 Å². The largest absolute Gasteiger partial charge is 0.383 e. The molecule has 2 rings (SSSR count). The third-order valence-electron chi connectivity index (χ3n) is 3.57. The van der Waals surface area contributed by atoms with E-state index in [-0.39, 0.29) is 17.9 Å². The molecule has 0 heterocycles. The maximum atomic E-state index is 11.8. The van der Waals surface area contributed by atoms with Gasteiger partial charge in [-0.3, -0.25) is 4.79 Å². The van der Waals surface area contributed by atoms with Crippen LogP contribution >= 0.6 is 11.6 Å². The Hall–Kier alpha value is -1.10. The van der Waals surface area contributed by atoms with E-state index in [1.165, 1.54) is 12.7 Å². The van der Waals surface area contributed by atoms with Crippen molar-refractivity contribution in [3.63, 3.8) is 0 Å². The highest BCUT2D eigenvalue weighted by molar-refractivity contribution is 6.30. The molecule has 1 aliphatic rings. The lowest BCUT2D eigenvalue weighted by Gasteiger charge is -2.18. The Kier molecular flexibility index (Phi) is 4.45. The van der Waals surface area contributed by atoms with Crippen molar-refractivity contribution in [2.75, 3.05) is 20.3 Å². The van der Waals surface area contributed by atoms with E-state index < -0.39 is 6.04 Å². The van der Waals surface area contributed by atoms with Gasteiger partial charge in [-0.05, 0) is 30.5 Å². The highest BCUT2D eigenvalue weighted by atomic mass is 35.5. The summed E-state index contributed by atoms with van der Waals surface area (Å²) in [6.45, 7) is 0.833. The van der Waals surface area contributed by atoms with Crippen LogP contribution in [-0.4, -0.2) is 32.2 Å². The molecule has 0 aliphatic heterocycles. The van der Waals surface area contributed by atoms with Crippen LogP contribution in [0.15, 0.2) is 24.3 Å². The number of hydrogen-bond acceptors (Lipinski definition) is 3. The standard InChI is InChI=1S/C14H19ClN2O2/c1-19-8-12(16)13(18)17-9-14(5-6-14)10-3-2-4-11(15)7-10/h2-4,7,12H,5-6,8-9,16H2,1H3,(H,17,18). The molecular weight excluding hydrogens is 264 g/mol. The smallest absolute Gasteiger partial charge is 0.239 e. The van der Waals surface area contributed by atoms with Crippen molar-refractivity contribution in [3.8, 4) is 0 Å². The van der Waals surface area contributed by atoms with E-state index in [1.54, 1.807) is 0 Å². The Bertz CT molecular complexity index is 461. The number of carbonyl (C=O) groups is 1. The summed E-state index contributed by atoms with van der Waals surface area (Å²) in [4.78, 5) is 11.8. The number of rotatable bonds is 6. The van der Waals surface area contributed by atoms with E-state index in [9.17, 15) is 4.79 Å². The Morgan fingerprint density at radius 3 is 2.89 bits per heavy atom. The minimum absolute atomic E-state index is 0.0351. The molecule has 0 spiro atoms. The van der Waals surface area contributed by atoms with Gasteiger partial charge in [-0.15, -0.1) is 0 Å². The minimum Gasteiger partial charge on any atom is -0.383 e. The molecule has 1 atom stereocenters. The molecule has 4 nitrogen and oxygen atoms in total. The van der Waals surface area contributed by atoms with Gasteiger partial charge in [-0.25, -0.2) is 0 Å². The van der Waals surface area contributed by atoms with Crippen molar-refractivity contribution in [2.45, 2.75) is 24.3 Å². The van der Waals surface area contributed by atoms with Crippen LogP contribution in [0.3, 0.4) is 0 Å². The van der Waals surface area contributed by atoms with Crippen molar-refractivity contribution >= 4 is 17.5 Å². The van der Waals surface area contributed by atoms with Crippen LogP contribution in [0.2, 0.25) is 5.02 Å². The molecule has 1 aliphatic carbocycles. The van der Waals surface area contributed by atoms with Gasteiger partial charge in [0.05, 0.1) is 6.61 Å². The Labute approximate surface area is 118 Å². The number of ether oxygens (including phenoxy) is 1. The van der Waals surface area contributed by atoms with E-state index >= 15 is 0 Å². The maximum Gasteiger partial charge on any atom is 0.239 e. The van der Waals surface area contributed by atoms with Crippen LogP contribution in [0.4, 0.5) is 0 Å². The minimum atomic E-state index is -0.611. The van der Waals surface area contributed by atoms with Crippen LogP contribution in [0, 0.1) is 0 Å². The summed E-state index contributed by atoms with van der Waals surface area (Å²) in [6.07, 6.45) is 2.13.